The molecule has 0 fully saturated rings. The van der Waals surface area contributed by atoms with Crippen LogP contribution in [0.4, 0.5) is 0 Å². The van der Waals surface area contributed by atoms with Crippen LogP contribution in [0.2, 0.25) is 0 Å². The van der Waals surface area contributed by atoms with Gasteiger partial charge in [-0.1, -0.05) is 13.8 Å². The average molecular weight is 160 g/mol. The minimum absolute atomic E-state index is 0.183. The molecule has 0 unspecified atom stereocenters. The smallest absolute Gasteiger partial charge is 0.254 e. The van der Waals surface area contributed by atoms with Crippen LogP contribution in [-0.2, 0) is 4.79 Å². The lowest BCUT2D eigenvalue weighted by Gasteiger charge is -1.99. The highest BCUT2D eigenvalue weighted by atomic mass is 32.2. The Morgan fingerprint density at radius 2 is 2.22 bits per heavy atom. The van der Waals surface area contributed by atoms with Crippen molar-refractivity contribution in [2.24, 2.45) is 5.92 Å². The van der Waals surface area contributed by atoms with Gasteiger partial charge in [-0.3, -0.25) is 16.3 Å². The van der Waals surface area contributed by atoms with Gasteiger partial charge < -0.3 is 0 Å². The van der Waals surface area contributed by atoms with Gasteiger partial charge in [-0.15, -0.1) is 11.6 Å². The van der Waals surface area contributed by atoms with Crippen molar-refractivity contribution in [2.75, 3.05) is 0 Å². The summed E-state index contributed by atoms with van der Waals surface area (Å²) >= 11 is 3.10. The monoisotopic (exact) mass is 160 g/mol. The maximum atomic E-state index is 10.9. The zero-order valence-corrected chi connectivity index (χ0v) is 7.64. The van der Waals surface area contributed by atoms with Crippen molar-refractivity contribution in [3.8, 4) is 0 Å². The molecular formula is C4H10B2OS2. The van der Waals surface area contributed by atoms with E-state index < -0.39 is 0 Å². The van der Waals surface area contributed by atoms with Crippen LogP contribution < -0.4 is 0 Å². The molecule has 50 valence electrons. The van der Waals surface area contributed by atoms with Crippen LogP contribution in [-0.4, -0.2) is 18.1 Å². The van der Waals surface area contributed by atoms with Crippen LogP contribution in [0.25, 0.3) is 0 Å². The Kier molecular flexibility index (Phi) is 5.59. The second kappa shape index (κ2) is 5.30. The quantitative estimate of drug-likeness (QED) is 0.557. The van der Waals surface area contributed by atoms with E-state index in [1.165, 1.54) is 11.6 Å². The van der Waals surface area contributed by atoms with E-state index in [0.717, 1.165) is 5.84 Å². The van der Waals surface area contributed by atoms with Gasteiger partial charge in [0.2, 0.25) is 0 Å². The molecule has 5 heteroatoms. The average Bonchev–Trinajstić information content (AvgIpc) is 1.82. The summed E-state index contributed by atoms with van der Waals surface area (Å²) in [6.07, 6.45) is 0. The zero-order chi connectivity index (χ0) is 7.28. The lowest BCUT2D eigenvalue weighted by atomic mass is 10.3. The first kappa shape index (κ1) is 9.50. The Labute approximate surface area is 66.1 Å². The lowest BCUT2D eigenvalue weighted by Crippen LogP contribution is -2.02. The molecule has 0 heterocycles. The molecule has 0 aromatic heterocycles. The van der Waals surface area contributed by atoms with Crippen molar-refractivity contribution in [3.05, 3.63) is 0 Å². The fourth-order valence-corrected chi connectivity index (χ4v) is 1.55. The molecule has 0 atom stereocenters. The van der Waals surface area contributed by atoms with Gasteiger partial charge in [-0.05, 0) is 0 Å². The van der Waals surface area contributed by atoms with Crippen LogP contribution in [0, 0.1) is 5.92 Å². The number of rotatable bonds is 3. The number of carbonyl (C=O) groups excluding carboxylic acids is 1. The Balaban J connectivity index is 3.28. The third-order valence-electron chi connectivity index (χ3n) is 0.790. The largest absolute Gasteiger partial charge is 0.288 e. The first-order chi connectivity index (χ1) is 4.18. The van der Waals surface area contributed by atoms with Gasteiger partial charge in [-0.2, -0.15) is 0 Å². The molecule has 0 rings (SSSR count). The molecule has 0 bridgehead atoms. The van der Waals surface area contributed by atoms with Crippen LogP contribution >= 0.6 is 23.1 Å². The first-order valence-electron chi connectivity index (χ1n) is 2.84. The normalized spacial score (nSPS) is 9.67. The predicted octanol–water partition coefficient (Wildman–Crippen LogP) is 0.450. The molecule has 0 aromatic carbocycles. The highest BCUT2D eigenvalue weighted by Gasteiger charge is 2.06. The second-order valence-electron chi connectivity index (χ2n) is 2.02. The number of hydrogen-bond donors (Lipinski definition) is 0. The minimum Gasteiger partial charge on any atom is -0.288 e. The van der Waals surface area contributed by atoms with E-state index >= 15 is 0 Å². The van der Waals surface area contributed by atoms with Crippen molar-refractivity contribution in [3.63, 3.8) is 0 Å². The topological polar surface area (TPSA) is 17.1 Å². The summed E-state index contributed by atoms with van der Waals surface area (Å²) < 4.78 is 0. The molecule has 0 aliphatic rings. The van der Waals surface area contributed by atoms with Gasteiger partial charge in [0.1, 0.15) is 0 Å². The summed E-state index contributed by atoms with van der Waals surface area (Å²) in [5, 5.41) is 0.296. The van der Waals surface area contributed by atoms with Crippen LogP contribution in [0.5, 0.6) is 0 Å². The number of carbonyl (C=O) groups is 1. The van der Waals surface area contributed by atoms with Crippen molar-refractivity contribution >= 4 is 41.2 Å². The Morgan fingerprint density at radius 3 is 2.56 bits per heavy atom. The zero-order valence-electron chi connectivity index (χ0n) is 6.01. The molecule has 0 saturated heterocycles. The molecule has 0 amide bonds. The van der Waals surface area contributed by atoms with Crippen LogP contribution in [0.3, 0.4) is 0 Å². The van der Waals surface area contributed by atoms with Crippen molar-refractivity contribution in [2.45, 2.75) is 13.8 Å². The first-order valence-corrected chi connectivity index (χ1v) is 5.22. The summed E-state index contributed by atoms with van der Waals surface area (Å²) in [6, 6.07) is 0. The Hall–Kier alpha value is 0.500. The molecule has 0 saturated carbocycles. The fraction of sp³-hybridized carbons (Fsp3) is 0.750. The van der Waals surface area contributed by atoms with E-state index in [2.05, 4.69) is 0 Å². The van der Waals surface area contributed by atoms with E-state index in [9.17, 15) is 4.79 Å². The van der Waals surface area contributed by atoms with Gasteiger partial charge in [0.05, 0.1) is 0 Å². The van der Waals surface area contributed by atoms with E-state index in [1.807, 2.05) is 21.0 Å². The number of hydrogen-bond acceptors (Lipinski definition) is 3. The Morgan fingerprint density at radius 1 is 1.67 bits per heavy atom. The maximum absolute atomic E-state index is 10.9. The van der Waals surface area contributed by atoms with Gasteiger partial charge in [0.15, 0.2) is 12.2 Å². The second-order valence-corrected chi connectivity index (χ2v) is 4.24. The van der Waals surface area contributed by atoms with Gasteiger partial charge in [0, 0.05) is 5.92 Å². The van der Waals surface area contributed by atoms with Gasteiger partial charge >= 0.3 is 0 Å². The lowest BCUT2D eigenvalue weighted by molar-refractivity contribution is -0.113. The molecule has 0 aromatic rings. The van der Waals surface area contributed by atoms with E-state index in [-0.39, 0.29) is 5.92 Å². The summed E-state index contributed by atoms with van der Waals surface area (Å²) in [7, 11) is 2.00. The molecule has 0 aliphatic heterocycles. The van der Waals surface area contributed by atoms with E-state index in [1.54, 1.807) is 11.5 Å². The SMILES string of the molecule is BSBSC(=O)C(C)C. The summed E-state index contributed by atoms with van der Waals surface area (Å²) in [5.41, 5.74) is 0. The fourth-order valence-electron chi connectivity index (χ4n) is 0.284. The van der Waals surface area contributed by atoms with Crippen molar-refractivity contribution in [1.29, 1.82) is 0 Å². The maximum Gasteiger partial charge on any atom is 0.254 e. The third-order valence-corrected chi connectivity index (χ3v) is 2.96. The van der Waals surface area contributed by atoms with Crippen LogP contribution in [0.1, 0.15) is 13.8 Å². The van der Waals surface area contributed by atoms with E-state index in [4.69, 9.17) is 0 Å². The summed E-state index contributed by atoms with van der Waals surface area (Å²) in [5.74, 6) is 1.07. The molecule has 0 aliphatic carbocycles. The molecular weight excluding hydrogens is 150 g/mol. The van der Waals surface area contributed by atoms with Crippen LogP contribution in [0.15, 0.2) is 0 Å². The van der Waals surface area contributed by atoms with Crippen molar-refractivity contribution < 1.29 is 4.79 Å². The molecule has 0 N–H and O–H groups in total. The molecule has 9 heavy (non-hydrogen) atoms. The highest BCUT2D eigenvalue weighted by molar-refractivity contribution is 8.62. The molecule has 0 spiro atoms. The van der Waals surface area contributed by atoms with Gasteiger partial charge in [0.25, 0.3) is 5.84 Å². The highest BCUT2D eigenvalue weighted by Crippen LogP contribution is 2.11. The third kappa shape index (κ3) is 4.97. The minimum atomic E-state index is 0.183. The molecule has 0 radical (unpaired) electrons. The standard InChI is InChI=1S/C4H10B2OS2/c1-3(2)4(7)8-6-9-5/h3,6H,5H2,1-2H3. The molecule has 1 nitrogen and oxygen atoms in total. The summed E-state index contributed by atoms with van der Waals surface area (Å²) in [6.45, 7) is 3.85. The predicted molar refractivity (Wildman–Crippen MR) is 50.7 cm³/mol. The van der Waals surface area contributed by atoms with Gasteiger partial charge in [-0.25, -0.2) is 0 Å². The van der Waals surface area contributed by atoms with Crippen molar-refractivity contribution in [1.82, 2.24) is 0 Å². The Bertz CT molecular complexity index is 96.6. The summed E-state index contributed by atoms with van der Waals surface area (Å²) in [4.78, 5) is 10.9. The van der Waals surface area contributed by atoms with E-state index in [0.29, 0.717) is 5.12 Å².